The second-order valence-corrected chi connectivity index (χ2v) is 6.72. The van der Waals surface area contributed by atoms with Gasteiger partial charge in [0.25, 0.3) is 0 Å². The van der Waals surface area contributed by atoms with Gasteiger partial charge in [-0.15, -0.1) is 0 Å². The smallest absolute Gasteiger partial charge is 0.142 e. The van der Waals surface area contributed by atoms with E-state index >= 15 is 0 Å². The second-order valence-electron chi connectivity index (χ2n) is 6.72. The summed E-state index contributed by atoms with van der Waals surface area (Å²) in [4.78, 5) is 4.95. The average Bonchev–Trinajstić information content (AvgIpc) is 2.98. The van der Waals surface area contributed by atoms with Crippen LogP contribution in [0, 0.1) is 6.92 Å². The van der Waals surface area contributed by atoms with Crippen molar-refractivity contribution in [2.45, 2.75) is 13.6 Å². The number of anilines is 1. The molecule has 1 saturated heterocycles. The fourth-order valence-corrected chi connectivity index (χ4v) is 3.78. The van der Waals surface area contributed by atoms with Crippen molar-refractivity contribution in [1.29, 1.82) is 0 Å². The summed E-state index contributed by atoms with van der Waals surface area (Å²) in [5, 5.41) is 1.36. The minimum Gasteiger partial charge on any atom is -0.495 e. The minimum atomic E-state index is 0.952. The zero-order valence-corrected chi connectivity index (χ0v) is 15.0. The van der Waals surface area contributed by atoms with Gasteiger partial charge in [0.15, 0.2) is 0 Å². The number of rotatable bonds is 4. The summed E-state index contributed by atoms with van der Waals surface area (Å²) >= 11 is 0. The van der Waals surface area contributed by atoms with Crippen LogP contribution in [0.3, 0.4) is 0 Å². The van der Waals surface area contributed by atoms with Crippen LogP contribution in [0.5, 0.6) is 5.75 Å². The number of fused-ring (bicyclic) bond motifs is 1. The van der Waals surface area contributed by atoms with Crippen LogP contribution < -0.4 is 9.64 Å². The summed E-state index contributed by atoms with van der Waals surface area (Å²) in [6, 6.07) is 17.0. The van der Waals surface area contributed by atoms with E-state index < -0.39 is 0 Å². The lowest BCUT2D eigenvalue weighted by Gasteiger charge is -2.36. The van der Waals surface area contributed by atoms with Crippen molar-refractivity contribution in [3.8, 4) is 5.75 Å². The van der Waals surface area contributed by atoms with Gasteiger partial charge in [-0.25, -0.2) is 0 Å². The Morgan fingerprint density at radius 2 is 1.64 bits per heavy atom. The monoisotopic (exact) mass is 335 g/mol. The molecule has 0 unspecified atom stereocenters. The summed E-state index contributed by atoms with van der Waals surface area (Å²) in [6.45, 7) is 7.32. The molecule has 0 spiro atoms. The molecule has 0 N–H and O–H groups in total. The first-order valence-electron chi connectivity index (χ1n) is 8.91. The molecule has 4 nitrogen and oxygen atoms in total. The molecular formula is C21H25N3O. The van der Waals surface area contributed by atoms with Gasteiger partial charge in [-0.2, -0.15) is 0 Å². The summed E-state index contributed by atoms with van der Waals surface area (Å²) in [7, 11) is 1.74. The van der Waals surface area contributed by atoms with E-state index in [0.29, 0.717) is 0 Å². The van der Waals surface area contributed by atoms with Crippen molar-refractivity contribution in [2.75, 3.05) is 38.2 Å². The summed E-state index contributed by atoms with van der Waals surface area (Å²) in [6.07, 6.45) is 2.28. The quantitative estimate of drug-likeness (QED) is 0.725. The first kappa shape index (κ1) is 16.0. The molecule has 4 rings (SSSR count). The van der Waals surface area contributed by atoms with Gasteiger partial charge < -0.3 is 14.2 Å². The van der Waals surface area contributed by atoms with Crippen LogP contribution in [0.4, 0.5) is 5.69 Å². The fourth-order valence-electron chi connectivity index (χ4n) is 3.78. The van der Waals surface area contributed by atoms with Crippen molar-refractivity contribution >= 4 is 16.6 Å². The largest absolute Gasteiger partial charge is 0.495 e. The molecule has 4 heteroatoms. The van der Waals surface area contributed by atoms with E-state index in [9.17, 15) is 0 Å². The Bertz CT molecular complexity index is 862. The number of aryl methyl sites for hydroxylation is 1. The third-order valence-corrected chi connectivity index (χ3v) is 5.14. The highest BCUT2D eigenvalue weighted by atomic mass is 16.5. The molecule has 1 aromatic heterocycles. The maximum absolute atomic E-state index is 5.51. The van der Waals surface area contributed by atoms with Crippen molar-refractivity contribution in [3.05, 3.63) is 60.3 Å². The number of aromatic nitrogens is 1. The van der Waals surface area contributed by atoms with Crippen LogP contribution in [0.25, 0.3) is 10.9 Å². The van der Waals surface area contributed by atoms with Gasteiger partial charge in [0.05, 0.1) is 19.5 Å². The van der Waals surface area contributed by atoms with Gasteiger partial charge in [-0.05, 0) is 30.7 Å². The number of piperazine rings is 1. The number of nitrogens with zero attached hydrogens (tertiary/aromatic N) is 3. The maximum atomic E-state index is 5.51. The molecule has 0 atom stereocenters. The van der Waals surface area contributed by atoms with Crippen molar-refractivity contribution in [1.82, 2.24) is 9.47 Å². The van der Waals surface area contributed by atoms with Gasteiger partial charge in [0, 0.05) is 43.3 Å². The average molecular weight is 335 g/mol. The topological polar surface area (TPSA) is 20.6 Å². The molecule has 0 radical (unpaired) electrons. The van der Waals surface area contributed by atoms with Crippen LogP contribution in [-0.2, 0) is 6.67 Å². The Morgan fingerprint density at radius 3 is 2.44 bits per heavy atom. The second kappa shape index (κ2) is 6.81. The lowest BCUT2D eigenvalue weighted by Crippen LogP contribution is -2.46. The van der Waals surface area contributed by atoms with Crippen molar-refractivity contribution in [3.63, 3.8) is 0 Å². The van der Waals surface area contributed by atoms with Crippen LogP contribution in [0.1, 0.15) is 5.56 Å². The van der Waals surface area contributed by atoms with Gasteiger partial charge >= 0.3 is 0 Å². The molecule has 1 aliphatic heterocycles. The zero-order chi connectivity index (χ0) is 17.2. The summed E-state index contributed by atoms with van der Waals surface area (Å²) in [5.41, 5.74) is 3.88. The molecular weight excluding hydrogens is 310 g/mol. The number of hydrogen-bond donors (Lipinski definition) is 0. The molecule has 0 amide bonds. The Labute approximate surface area is 149 Å². The molecule has 130 valence electrons. The number of para-hydroxylation sites is 3. The van der Waals surface area contributed by atoms with E-state index in [1.807, 2.05) is 12.1 Å². The van der Waals surface area contributed by atoms with Crippen LogP contribution in [0.2, 0.25) is 0 Å². The minimum absolute atomic E-state index is 0.952. The normalized spacial score (nSPS) is 15.7. The molecule has 0 aliphatic carbocycles. The third-order valence-electron chi connectivity index (χ3n) is 5.14. The molecule has 3 aromatic rings. The molecule has 2 aromatic carbocycles. The number of benzene rings is 2. The highest BCUT2D eigenvalue weighted by Gasteiger charge is 2.20. The Balaban J connectivity index is 1.45. The van der Waals surface area contributed by atoms with E-state index in [2.05, 4.69) is 63.9 Å². The van der Waals surface area contributed by atoms with Gasteiger partial charge in [-0.3, -0.25) is 4.90 Å². The Kier molecular flexibility index (Phi) is 4.36. The van der Waals surface area contributed by atoms with E-state index in [1.54, 1.807) is 7.11 Å². The highest BCUT2D eigenvalue weighted by Crippen LogP contribution is 2.28. The summed E-state index contributed by atoms with van der Waals surface area (Å²) in [5.74, 6) is 0.961. The maximum Gasteiger partial charge on any atom is 0.142 e. The Hall–Kier alpha value is -2.46. The SMILES string of the molecule is COc1ccccc1N1CCN(Cn2cc(C)c3ccccc32)CC1. The van der Waals surface area contributed by atoms with Gasteiger partial charge in [0.1, 0.15) is 5.75 Å². The molecule has 1 aliphatic rings. The molecule has 1 fully saturated rings. The van der Waals surface area contributed by atoms with E-state index in [1.165, 1.54) is 22.2 Å². The first-order chi connectivity index (χ1) is 12.3. The molecule has 0 saturated carbocycles. The van der Waals surface area contributed by atoms with Crippen LogP contribution in [0.15, 0.2) is 54.7 Å². The van der Waals surface area contributed by atoms with E-state index in [4.69, 9.17) is 4.74 Å². The van der Waals surface area contributed by atoms with Crippen molar-refractivity contribution in [2.24, 2.45) is 0 Å². The van der Waals surface area contributed by atoms with Crippen LogP contribution in [-0.4, -0.2) is 42.8 Å². The highest BCUT2D eigenvalue weighted by molar-refractivity contribution is 5.83. The predicted octanol–water partition coefficient (Wildman–Crippen LogP) is 3.74. The zero-order valence-electron chi connectivity index (χ0n) is 15.0. The van der Waals surface area contributed by atoms with E-state index in [-0.39, 0.29) is 0 Å². The molecule has 0 bridgehead atoms. The van der Waals surface area contributed by atoms with Crippen molar-refractivity contribution < 1.29 is 4.74 Å². The fraction of sp³-hybridized carbons (Fsp3) is 0.333. The van der Waals surface area contributed by atoms with Crippen LogP contribution >= 0.6 is 0 Å². The number of methoxy groups -OCH3 is 1. The number of ether oxygens (including phenoxy) is 1. The van der Waals surface area contributed by atoms with Gasteiger partial charge in [-0.1, -0.05) is 30.3 Å². The van der Waals surface area contributed by atoms with Gasteiger partial charge in [0.2, 0.25) is 0 Å². The number of hydrogen-bond acceptors (Lipinski definition) is 3. The van der Waals surface area contributed by atoms with E-state index in [0.717, 1.165) is 38.6 Å². The predicted molar refractivity (Wildman–Crippen MR) is 103 cm³/mol. The first-order valence-corrected chi connectivity index (χ1v) is 8.91. The molecule has 2 heterocycles. The standard InChI is InChI=1S/C21H25N3O/c1-17-15-24(19-8-4-3-7-18(17)19)16-22-11-13-23(14-12-22)20-9-5-6-10-21(20)25-2/h3-10,15H,11-14,16H2,1-2H3. The third kappa shape index (κ3) is 3.10. The molecule has 25 heavy (non-hydrogen) atoms. The lowest BCUT2D eigenvalue weighted by atomic mass is 10.2. The lowest BCUT2D eigenvalue weighted by molar-refractivity contribution is 0.209. The summed E-state index contributed by atoms with van der Waals surface area (Å²) < 4.78 is 7.89. The Morgan fingerprint density at radius 1 is 0.920 bits per heavy atom.